The van der Waals surface area contributed by atoms with E-state index in [0.29, 0.717) is 22.5 Å². The second-order valence-corrected chi connectivity index (χ2v) is 4.65. The van der Waals surface area contributed by atoms with Gasteiger partial charge < -0.3 is 5.11 Å². The van der Waals surface area contributed by atoms with Crippen molar-refractivity contribution in [2.45, 2.75) is 0 Å². The first-order valence-corrected chi connectivity index (χ1v) is 6.40. The van der Waals surface area contributed by atoms with Gasteiger partial charge in [-0.25, -0.2) is 13.6 Å². The van der Waals surface area contributed by atoms with Crippen molar-refractivity contribution in [3.63, 3.8) is 0 Å². The fraction of sp³-hybridized carbons (Fsp3) is 0. The second kappa shape index (κ2) is 5.40. The highest BCUT2D eigenvalue weighted by molar-refractivity contribution is 5.95. The first-order chi connectivity index (χ1) is 10.6. The molecule has 0 saturated heterocycles. The van der Waals surface area contributed by atoms with Crippen molar-refractivity contribution in [3.8, 4) is 22.5 Å². The summed E-state index contributed by atoms with van der Waals surface area (Å²) in [5.41, 5.74) is 1.88. The van der Waals surface area contributed by atoms with Crippen LogP contribution in [0.1, 0.15) is 10.4 Å². The maximum atomic E-state index is 13.3. The lowest BCUT2D eigenvalue weighted by Crippen LogP contribution is -1.98. The molecule has 110 valence electrons. The number of carboxylic acids is 1. The lowest BCUT2D eigenvalue weighted by molar-refractivity contribution is 0.0697. The van der Waals surface area contributed by atoms with Crippen LogP contribution >= 0.6 is 0 Å². The van der Waals surface area contributed by atoms with E-state index in [1.165, 1.54) is 12.1 Å². The zero-order valence-corrected chi connectivity index (χ0v) is 11.2. The van der Waals surface area contributed by atoms with Gasteiger partial charge in [0.15, 0.2) is 11.6 Å². The van der Waals surface area contributed by atoms with Crippen molar-refractivity contribution in [1.29, 1.82) is 0 Å². The Bertz CT molecular complexity index is 859. The molecule has 6 heteroatoms. The number of hydrogen-bond acceptors (Lipinski definition) is 2. The van der Waals surface area contributed by atoms with Crippen molar-refractivity contribution < 1.29 is 18.7 Å². The number of aromatic nitrogens is 2. The van der Waals surface area contributed by atoms with Crippen LogP contribution in [0.25, 0.3) is 22.5 Å². The van der Waals surface area contributed by atoms with Crippen LogP contribution < -0.4 is 0 Å². The van der Waals surface area contributed by atoms with Crippen molar-refractivity contribution in [1.82, 2.24) is 10.2 Å². The molecule has 0 atom stereocenters. The number of hydrogen-bond donors (Lipinski definition) is 2. The molecular formula is C16H10F2N2O2. The number of benzene rings is 2. The van der Waals surface area contributed by atoms with Gasteiger partial charge in [0.25, 0.3) is 0 Å². The largest absolute Gasteiger partial charge is 0.478 e. The summed E-state index contributed by atoms with van der Waals surface area (Å²) in [7, 11) is 0. The van der Waals surface area contributed by atoms with Gasteiger partial charge in [-0.1, -0.05) is 18.2 Å². The fourth-order valence-corrected chi connectivity index (χ4v) is 2.17. The van der Waals surface area contributed by atoms with Gasteiger partial charge in [0, 0.05) is 11.1 Å². The SMILES string of the molecule is O=C(O)c1ccccc1-c1cc(-c2ccc(F)c(F)c2)n[nH]1. The van der Waals surface area contributed by atoms with E-state index in [1.54, 1.807) is 24.3 Å². The van der Waals surface area contributed by atoms with E-state index in [4.69, 9.17) is 0 Å². The van der Waals surface area contributed by atoms with Gasteiger partial charge in [-0.15, -0.1) is 0 Å². The number of halogens is 2. The Morgan fingerprint density at radius 1 is 1.05 bits per heavy atom. The zero-order chi connectivity index (χ0) is 15.7. The molecule has 0 saturated carbocycles. The van der Waals surface area contributed by atoms with Gasteiger partial charge in [0.1, 0.15) is 0 Å². The topological polar surface area (TPSA) is 66.0 Å². The Balaban J connectivity index is 2.04. The summed E-state index contributed by atoms with van der Waals surface area (Å²) >= 11 is 0. The Labute approximate surface area is 124 Å². The molecule has 4 nitrogen and oxygen atoms in total. The van der Waals surface area contributed by atoms with Crippen LogP contribution in [-0.4, -0.2) is 21.3 Å². The smallest absolute Gasteiger partial charge is 0.336 e. The maximum Gasteiger partial charge on any atom is 0.336 e. The van der Waals surface area contributed by atoms with Gasteiger partial charge in [-0.2, -0.15) is 5.10 Å². The minimum atomic E-state index is -1.06. The van der Waals surface area contributed by atoms with Gasteiger partial charge in [0.05, 0.1) is 17.0 Å². The average molecular weight is 300 g/mol. The summed E-state index contributed by atoms with van der Waals surface area (Å²) < 4.78 is 26.2. The summed E-state index contributed by atoms with van der Waals surface area (Å²) in [4.78, 5) is 11.2. The Hall–Kier alpha value is -3.02. The van der Waals surface area contributed by atoms with Crippen molar-refractivity contribution in [3.05, 3.63) is 65.7 Å². The fourth-order valence-electron chi connectivity index (χ4n) is 2.17. The summed E-state index contributed by atoms with van der Waals surface area (Å²) in [5.74, 6) is -2.96. The number of carboxylic acid groups (broad SMARTS) is 1. The lowest BCUT2D eigenvalue weighted by Gasteiger charge is -2.02. The van der Waals surface area contributed by atoms with Crippen molar-refractivity contribution >= 4 is 5.97 Å². The Kier molecular flexibility index (Phi) is 3.42. The summed E-state index contributed by atoms with van der Waals surface area (Å²) in [5, 5.41) is 15.9. The summed E-state index contributed by atoms with van der Waals surface area (Å²) in [6.07, 6.45) is 0. The predicted molar refractivity (Wildman–Crippen MR) is 76.3 cm³/mol. The quantitative estimate of drug-likeness (QED) is 0.774. The van der Waals surface area contributed by atoms with Crippen LogP contribution in [0.15, 0.2) is 48.5 Å². The van der Waals surface area contributed by atoms with E-state index in [2.05, 4.69) is 10.2 Å². The molecule has 0 aliphatic carbocycles. The molecule has 0 radical (unpaired) electrons. The monoisotopic (exact) mass is 300 g/mol. The Morgan fingerprint density at radius 2 is 1.82 bits per heavy atom. The molecule has 0 spiro atoms. The number of aromatic amines is 1. The molecule has 0 aliphatic heterocycles. The first kappa shape index (κ1) is 13.9. The molecule has 0 amide bonds. The third-order valence-corrected chi connectivity index (χ3v) is 3.24. The molecule has 1 heterocycles. The van der Waals surface area contributed by atoms with Gasteiger partial charge in [0.2, 0.25) is 0 Å². The number of nitrogens with zero attached hydrogens (tertiary/aromatic N) is 1. The molecule has 2 aromatic carbocycles. The van der Waals surface area contributed by atoms with Gasteiger partial charge in [-0.05, 0) is 30.3 Å². The van der Waals surface area contributed by atoms with E-state index in [9.17, 15) is 18.7 Å². The van der Waals surface area contributed by atoms with E-state index in [0.717, 1.165) is 12.1 Å². The van der Waals surface area contributed by atoms with Crippen LogP contribution in [0.5, 0.6) is 0 Å². The van der Waals surface area contributed by atoms with E-state index in [1.807, 2.05) is 0 Å². The molecule has 0 bridgehead atoms. The van der Waals surface area contributed by atoms with E-state index in [-0.39, 0.29) is 5.56 Å². The van der Waals surface area contributed by atoms with E-state index >= 15 is 0 Å². The highest BCUT2D eigenvalue weighted by Crippen LogP contribution is 2.27. The first-order valence-electron chi connectivity index (χ1n) is 6.40. The van der Waals surface area contributed by atoms with Crippen LogP contribution in [0.4, 0.5) is 8.78 Å². The van der Waals surface area contributed by atoms with Crippen LogP contribution in [0, 0.1) is 11.6 Å². The zero-order valence-electron chi connectivity index (χ0n) is 11.2. The maximum absolute atomic E-state index is 13.3. The lowest BCUT2D eigenvalue weighted by atomic mass is 10.0. The molecule has 3 aromatic rings. The van der Waals surface area contributed by atoms with Crippen molar-refractivity contribution in [2.75, 3.05) is 0 Å². The number of aromatic carboxylic acids is 1. The third kappa shape index (κ3) is 2.46. The third-order valence-electron chi connectivity index (χ3n) is 3.24. The molecule has 1 aromatic heterocycles. The highest BCUT2D eigenvalue weighted by Gasteiger charge is 2.14. The van der Waals surface area contributed by atoms with Crippen LogP contribution in [-0.2, 0) is 0 Å². The number of rotatable bonds is 3. The average Bonchev–Trinajstić information content (AvgIpc) is 3.00. The minimum Gasteiger partial charge on any atom is -0.478 e. The predicted octanol–water partition coefficient (Wildman–Crippen LogP) is 3.72. The minimum absolute atomic E-state index is 0.128. The second-order valence-electron chi connectivity index (χ2n) is 4.65. The highest BCUT2D eigenvalue weighted by atomic mass is 19.2. The van der Waals surface area contributed by atoms with Gasteiger partial charge in [-0.3, -0.25) is 5.10 Å². The standard InChI is InChI=1S/C16H10F2N2O2/c17-12-6-5-9(7-13(12)18)14-8-15(20-19-14)10-3-1-2-4-11(10)16(21)22/h1-8H,(H,19,20)(H,21,22). The Morgan fingerprint density at radius 3 is 2.55 bits per heavy atom. The molecule has 2 N–H and O–H groups in total. The molecule has 3 rings (SSSR count). The van der Waals surface area contributed by atoms with Crippen molar-refractivity contribution in [2.24, 2.45) is 0 Å². The molecule has 0 aliphatic rings. The molecule has 0 unspecified atom stereocenters. The van der Waals surface area contributed by atoms with Gasteiger partial charge >= 0.3 is 5.97 Å². The normalized spacial score (nSPS) is 10.6. The van der Waals surface area contributed by atoms with Crippen LogP contribution in [0.3, 0.4) is 0 Å². The number of carbonyl (C=O) groups is 1. The summed E-state index contributed by atoms with van der Waals surface area (Å²) in [6.45, 7) is 0. The molecular weight excluding hydrogens is 290 g/mol. The number of nitrogens with one attached hydrogen (secondary N) is 1. The van der Waals surface area contributed by atoms with E-state index < -0.39 is 17.6 Å². The summed E-state index contributed by atoms with van der Waals surface area (Å²) in [6, 6.07) is 11.5. The molecule has 0 fully saturated rings. The molecule has 22 heavy (non-hydrogen) atoms. The number of H-pyrrole nitrogens is 1. The van der Waals surface area contributed by atoms with Crippen LogP contribution in [0.2, 0.25) is 0 Å².